The largest absolute Gasteiger partial charge is 0.390 e. The molecular weight excluding hydrogens is 427 g/mol. The van der Waals surface area contributed by atoms with E-state index in [9.17, 15) is 14.0 Å². The summed E-state index contributed by atoms with van der Waals surface area (Å²) in [5.41, 5.74) is 5.94. The Hall–Kier alpha value is -3.74. The highest BCUT2D eigenvalue weighted by atomic mass is 19.1. The molecule has 0 saturated heterocycles. The van der Waals surface area contributed by atoms with E-state index in [4.69, 9.17) is 9.68 Å². The lowest BCUT2D eigenvalue weighted by Gasteiger charge is -2.20. The van der Waals surface area contributed by atoms with Gasteiger partial charge in [-0.3, -0.25) is 9.59 Å². The van der Waals surface area contributed by atoms with Crippen LogP contribution in [0.5, 0.6) is 0 Å². The predicted molar refractivity (Wildman–Crippen MR) is 123 cm³/mol. The Bertz CT molecular complexity index is 1110. The number of oxime groups is 1. The van der Waals surface area contributed by atoms with Crippen molar-refractivity contribution in [3.05, 3.63) is 70.0 Å². The number of hydrogen-bond donors (Lipinski definition) is 3. The highest BCUT2D eigenvalue weighted by Gasteiger charge is 2.23. The number of benzene rings is 2. The summed E-state index contributed by atoms with van der Waals surface area (Å²) < 4.78 is 13.5. The van der Waals surface area contributed by atoms with Gasteiger partial charge in [-0.2, -0.15) is 5.48 Å². The molecule has 33 heavy (non-hydrogen) atoms. The van der Waals surface area contributed by atoms with Crippen LogP contribution in [0.1, 0.15) is 45.6 Å². The second kappa shape index (κ2) is 12.3. The molecule has 0 aliphatic carbocycles. The van der Waals surface area contributed by atoms with Crippen LogP contribution in [0.2, 0.25) is 0 Å². The molecule has 0 saturated carbocycles. The van der Waals surface area contributed by atoms with Crippen LogP contribution in [-0.2, 0) is 21.1 Å². The van der Waals surface area contributed by atoms with Crippen molar-refractivity contribution in [2.24, 2.45) is 5.16 Å². The maximum absolute atomic E-state index is 13.5. The van der Waals surface area contributed by atoms with E-state index in [0.29, 0.717) is 16.8 Å². The second-order valence-corrected chi connectivity index (χ2v) is 6.98. The lowest BCUT2D eigenvalue weighted by molar-refractivity contribution is -0.126. The van der Waals surface area contributed by atoms with Crippen molar-refractivity contribution in [1.29, 1.82) is 0 Å². The summed E-state index contributed by atoms with van der Waals surface area (Å²) in [6.07, 6.45) is 0. The van der Waals surface area contributed by atoms with E-state index in [1.165, 1.54) is 26.3 Å². The minimum Gasteiger partial charge on any atom is -0.390 e. The van der Waals surface area contributed by atoms with E-state index in [2.05, 4.69) is 33.1 Å². The van der Waals surface area contributed by atoms with Crippen LogP contribution < -0.4 is 16.1 Å². The van der Waals surface area contributed by atoms with Crippen molar-refractivity contribution in [2.45, 2.75) is 26.5 Å². The number of carbonyl (C=O) groups excluding carboxylic acids is 2. The maximum Gasteiger partial charge on any atom is 0.252 e. The molecule has 0 heterocycles. The van der Waals surface area contributed by atoms with Gasteiger partial charge in [0, 0.05) is 25.2 Å². The van der Waals surface area contributed by atoms with Crippen molar-refractivity contribution < 1.29 is 23.7 Å². The predicted octanol–water partition coefficient (Wildman–Crippen LogP) is 2.38. The number of rotatable bonds is 8. The summed E-state index contributed by atoms with van der Waals surface area (Å²) >= 11 is 0. The Morgan fingerprint density at radius 2 is 1.94 bits per heavy atom. The summed E-state index contributed by atoms with van der Waals surface area (Å²) in [4.78, 5) is 34.7. The highest BCUT2D eigenvalue weighted by Crippen LogP contribution is 2.23. The van der Waals surface area contributed by atoms with E-state index < -0.39 is 17.8 Å². The number of hydroxylamine groups is 1. The first-order valence-corrected chi connectivity index (χ1v) is 10.1. The van der Waals surface area contributed by atoms with Gasteiger partial charge in [0.15, 0.2) is 0 Å². The summed E-state index contributed by atoms with van der Waals surface area (Å²) in [5.74, 6) is 4.39. The topological polar surface area (TPSA) is 101 Å². The zero-order chi connectivity index (χ0) is 24.4. The fourth-order valence-corrected chi connectivity index (χ4v) is 3.04. The van der Waals surface area contributed by atoms with Gasteiger partial charge in [0.1, 0.15) is 24.2 Å². The van der Waals surface area contributed by atoms with Gasteiger partial charge < -0.3 is 20.3 Å². The molecule has 0 fully saturated rings. The molecule has 0 aliphatic rings. The van der Waals surface area contributed by atoms with Crippen molar-refractivity contribution in [3.8, 4) is 11.8 Å². The summed E-state index contributed by atoms with van der Waals surface area (Å²) in [6.45, 7) is 3.65. The number of amides is 2. The Kier molecular flexibility index (Phi) is 9.54. The number of aryl methyl sites for hydroxylation is 1. The van der Waals surface area contributed by atoms with E-state index in [0.717, 1.165) is 17.2 Å². The quantitative estimate of drug-likeness (QED) is 0.323. The van der Waals surface area contributed by atoms with Gasteiger partial charge in [0.05, 0.1) is 12.7 Å². The number of halogens is 1. The summed E-state index contributed by atoms with van der Waals surface area (Å²) in [7, 11) is 4.44. The van der Waals surface area contributed by atoms with Crippen LogP contribution in [0, 0.1) is 24.6 Å². The van der Waals surface area contributed by atoms with Gasteiger partial charge >= 0.3 is 0 Å². The van der Waals surface area contributed by atoms with E-state index >= 15 is 0 Å². The number of nitrogens with zero attached hydrogens (tertiary/aromatic N) is 1. The third kappa shape index (κ3) is 6.87. The molecule has 0 bridgehead atoms. The monoisotopic (exact) mass is 454 g/mol. The van der Waals surface area contributed by atoms with Crippen LogP contribution in [0.3, 0.4) is 0 Å². The molecule has 2 aromatic carbocycles. The molecule has 174 valence electrons. The number of hydrogen-bond acceptors (Lipinski definition) is 6. The van der Waals surface area contributed by atoms with Gasteiger partial charge in [-0.05, 0) is 49.1 Å². The van der Waals surface area contributed by atoms with Crippen LogP contribution in [0.15, 0.2) is 41.6 Å². The zero-order valence-corrected chi connectivity index (χ0v) is 19.2. The van der Waals surface area contributed by atoms with Crippen LogP contribution in [0.4, 0.5) is 4.39 Å². The maximum atomic E-state index is 13.5. The van der Waals surface area contributed by atoms with Gasteiger partial charge in [0.25, 0.3) is 5.91 Å². The summed E-state index contributed by atoms with van der Waals surface area (Å²) in [6, 6.07) is 8.61. The highest BCUT2D eigenvalue weighted by molar-refractivity contribution is 6.00. The lowest BCUT2D eigenvalue weighted by atomic mass is 9.96. The van der Waals surface area contributed by atoms with Gasteiger partial charge in [-0.15, -0.1) is 0 Å². The SMILES string of the molecule is CNC(=O)c1cc(F)ccc1C#C/C(C)=N/OCc1c(C)cccc1C(NOC)C(=O)NC. The van der Waals surface area contributed by atoms with E-state index in [-0.39, 0.29) is 18.1 Å². The average molecular weight is 455 g/mol. The molecule has 2 aromatic rings. The fraction of sp³-hybridized carbons (Fsp3) is 0.292. The Morgan fingerprint density at radius 3 is 2.61 bits per heavy atom. The van der Waals surface area contributed by atoms with E-state index in [1.54, 1.807) is 14.0 Å². The van der Waals surface area contributed by atoms with Crippen LogP contribution in [0.25, 0.3) is 0 Å². The number of likely N-dealkylation sites (N-methyl/N-ethyl adjacent to an activating group) is 1. The van der Waals surface area contributed by atoms with Crippen molar-refractivity contribution in [1.82, 2.24) is 16.1 Å². The minimum atomic E-state index is -0.732. The van der Waals surface area contributed by atoms with Crippen LogP contribution >= 0.6 is 0 Å². The number of nitrogens with one attached hydrogen (secondary N) is 3. The molecule has 0 aliphatic heterocycles. The standard InChI is InChI=1S/C24H27FN4O4/c1-15-7-6-8-19(22(29-32-5)24(31)27-4)21(15)14-33-28-16(2)9-10-17-11-12-18(25)13-20(17)23(30)26-3/h6-8,11-13,22,29H,14H2,1-5H3,(H,26,30)(H,27,31)/b28-16+. The molecular formula is C24H27FN4O4. The number of carbonyl (C=O) groups is 2. The van der Waals surface area contributed by atoms with Crippen LogP contribution in [-0.4, -0.2) is 38.7 Å². The Morgan fingerprint density at radius 1 is 1.18 bits per heavy atom. The zero-order valence-electron chi connectivity index (χ0n) is 19.2. The van der Waals surface area contributed by atoms with Crippen molar-refractivity contribution in [2.75, 3.05) is 21.2 Å². The third-order valence-electron chi connectivity index (χ3n) is 4.74. The first-order valence-electron chi connectivity index (χ1n) is 10.1. The first kappa shape index (κ1) is 25.5. The molecule has 0 radical (unpaired) electrons. The molecule has 8 nitrogen and oxygen atoms in total. The molecule has 9 heteroatoms. The summed E-state index contributed by atoms with van der Waals surface area (Å²) in [5, 5.41) is 9.08. The Balaban J connectivity index is 2.22. The normalized spacial score (nSPS) is 11.8. The molecule has 2 amide bonds. The fourth-order valence-electron chi connectivity index (χ4n) is 3.04. The third-order valence-corrected chi connectivity index (χ3v) is 4.74. The molecule has 2 rings (SSSR count). The van der Waals surface area contributed by atoms with Crippen molar-refractivity contribution >= 4 is 17.5 Å². The molecule has 1 unspecified atom stereocenters. The van der Waals surface area contributed by atoms with E-state index in [1.807, 2.05) is 25.1 Å². The van der Waals surface area contributed by atoms with Crippen molar-refractivity contribution in [3.63, 3.8) is 0 Å². The molecule has 1 atom stereocenters. The minimum absolute atomic E-state index is 0.0972. The van der Waals surface area contributed by atoms with Gasteiger partial charge in [-0.25, -0.2) is 4.39 Å². The Labute approximate surface area is 192 Å². The molecule has 3 N–H and O–H groups in total. The lowest BCUT2D eigenvalue weighted by Crippen LogP contribution is -2.36. The second-order valence-electron chi connectivity index (χ2n) is 6.98. The smallest absolute Gasteiger partial charge is 0.252 e. The van der Waals surface area contributed by atoms with Gasteiger partial charge in [0.2, 0.25) is 5.91 Å². The first-order chi connectivity index (χ1) is 15.8. The molecule has 0 spiro atoms. The van der Waals surface area contributed by atoms with Gasteiger partial charge in [-0.1, -0.05) is 29.3 Å². The molecule has 0 aromatic heterocycles. The average Bonchev–Trinajstić information content (AvgIpc) is 2.81.